The number of hydrogen-bond acceptors (Lipinski definition) is 3. The monoisotopic (exact) mass is 274 g/mol. The van der Waals surface area contributed by atoms with Crippen LogP contribution in [-0.4, -0.2) is 43.2 Å². The summed E-state index contributed by atoms with van der Waals surface area (Å²) in [6.45, 7) is 5.81. The van der Waals surface area contributed by atoms with E-state index in [1.165, 1.54) is 11.1 Å². The number of nitrogens with zero attached hydrogens (tertiary/aromatic N) is 1. The number of amides is 1. The van der Waals surface area contributed by atoms with Gasteiger partial charge in [0.25, 0.3) is 0 Å². The van der Waals surface area contributed by atoms with E-state index in [1.807, 2.05) is 17.0 Å². The molecule has 4 nitrogen and oxygen atoms in total. The van der Waals surface area contributed by atoms with Crippen molar-refractivity contribution >= 4 is 5.91 Å². The molecule has 4 heteroatoms. The van der Waals surface area contributed by atoms with Crippen LogP contribution in [0.3, 0.4) is 0 Å². The zero-order chi connectivity index (χ0) is 13.9. The standard InChI is InChI=1S/C16H22N2O2/c1-2-13-11-18(7-8-20-13)16(19)15-10-17-9-12-5-3-4-6-14(12)15/h3-6,13,15,17H,2,7-11H2,1H3. The highest BCUT2D eigenvalue weighted by atomic mass is 16.5. The van der Waals surface area contributed by atoms with Crippen LogP contribution in [0.1, 0.15) is 30.4 Å². The summed E-state index contributed by atoms with van der Waals surface area (Å²) in [7, 11) is 0. The minimum Gasteiger partial charge on any atom is -0.375 e. The lowest BCUT2D eigenvalue weighted by molar-refractivity contribution is -0.140. The van der Waals surface area contributed by atoms with Crippen LogP contribution in [-0.2, 0) is 16.1 Å². The third-order valence-corrected chi connectivity index (χ3v) is 4.30. The lowest BCUT2D eigenvalue weighted by Crippen LogP contribution is -2.49. The molecular weight excluding hydrogens is 252 g/mol. The van der Waals surface area contributed by atoms with Gasteiger partial charge in [0, 0.05) is 26.2 Å². The molecule has 0 saturated carbocycles. The molecule has 0 radical (unpaired) electrons. The summed E-state index contributed by atoms with van der Waals surface area (Å²) < 4.78 is 5.65. The third-order valence-electron chi connectivity index (χ3n) is 4.30. The molecule has 0 spiro atoms. The van der Waals surface area contributed by atoms with Crippen LogP contribution in [0, 0.1) is 0 Å². The smallest absolute Gasteiger partial charge is 0.231 e. The summed E-state index contributed by atoms with van der Waals surface area (Å²) in [5.74, 6) is 0.196. The first-order valence-electron chi connectivity index (χ1n) is 7.48. The van der Waals surface area contributed by atoms with E-state index in [2.05, 4.69) is 24.4 Å². The third kappa shape index (κ3) is 2.58. The molecule has 1 aromatic rings. The Labute approximate surface area is 120 Å². The first-order valence-corrected chi connectivity index (χ1v) is 7.48. The quantitative estimate of drug-likeness (QED) is 0.889. The summed E-state index contributed by atoms with van der Waals surface area (Å²) >= 11 is 0. The summed E-state index contributed by atoms with van der Waals surface area (Å²) in [5.41, 5.74) is 2.44. The predicted molar refractivity (Wildman–Crippen MR) is 77.5 cm³/mol. The average Bonchev–Trinajstić information content (AvgIpc) is 2.53. The Morgan fingerprint density at radius 2 is 2.30 bits per heavy atom. The van der Waals surface area contributed by atoms with Gasteiger partial charge in [0.05, 0.1) is 18.6 Å². The van der Waals surface area contributed by atoms with Crippen molar-refractivity contribution < 1.29 is 9.53 Å². The van der Waals surface area contributed by atoms with Crippen molar-refractivity contribution in [2.75, 3.05) is 26.2 Å². The number of benzene rings is 1. The number of morpholine rings is 1. The van der Waals surface area contributed by atoms with Gasteiger partial charge in [-0.15, -0.1) is 0 Å². The molecule has 0 bridgehead atoms. The van der Waals surface area contributed by atoms with Crippen LogP contribution >= 0.6 is 0 Å². The summed E-state index contributed by atoms with van der Waals surface area (Å²) in [6, 6.07) is 8.26. The molecule has 0 aromatic heterocycles. The van der Waals surface area contributed by atoms with Crippen LogP contribution in [0.5, 0.6) is 0 Å². The SMILES string of the molecule is CCC1CN(C(=O)C2CNCc3ccccc32)CCO1. The van der Waals surface area contributed by atoms with Crippen molar-refractivity contribution in [2.45, 2.75) is 31.9 Å². The minimum absolute atomic E-state index is 0.0458. The van der Waals surface area contributed by atoms with Crippen LogP contribution in [0.25, 0.3) is 0 Å². The van der Waals surface area contributed by atoms with Gasteiger partial charge in [-0.1, -0.05) is 31.2 Å². The Morgan fingerprint density at radius 1 is 1.45 bits per heavy atom. The van der Waals surface area contributed by atoms with Gasteiger partial charge in [0.2, 0.25) is 5.91 Å². The second kappa shape index (κ2) is 5.94. The van der Waals surface area contributed by atoms with E-state index in [0.717, 1.165) is 26.1 Å². The largest absolute Gasteiger partial charge is 0.375 e. The topological polar surface area (TPSA) is 41.6 Å². The van der Waals surface area contributed by atoms with Crippen molar-refractivity contribution in [3.05, 3.63) is 35.4 Å². The highest BCUT2D eigenvalue weighted by molar-refractivity contribution is 5.85. The number of hydrogen-bond donors (Lipinski definition) is 1. The number of fused-ring (bicyclic) bond motifs is 1. The van der Waals surface area contributed by atoms with Crippen molar-refractivity contribution in [1.82, 2.24) is 10.2 Å². The maximum atomic E-state index is 12.8. The highest BCUT2D eigenvalue weighted by Gasteiger charge is 2.32. The maximum absolute atomic E-state index is 12.8. The van der Waals surface area contributed by atoms with E-state index in [9.17, 15) is 4.79 Å². The summed E-state index contributed by atoms with van der Waals surface area (Å²) in [5, 5.41) is 3.36. The highest BCUT2D eigenvalue weighted by Crippen LogP contribution is 2.26. The summed E-state index contributed by atoms with van der Waals surface area (Å²) in [4.78, 5) is 14.8. The van der Waals surface area contributed by atoms with E-state index < -0.39 is 0 Å². The molecule has 1 aromatic carbocycles. The van der Waals surface area contributed by atoms with Gasteiger partial charge in [-0.2, -0.15) is 0 Å². The van der Waals surface area contributed by atoms with E-state index in [0.29, 0.717) is 13.2 Å². The normalized spacial score (nSPS) is 26.1. The molecule has 108 valence electrons. The molecule has 2 aliphatic rings. The minimum atomic E-state index is -0.0458. The Bertz CT molecular complexity index is 489. The van der Waals surface area contributed by atoms with Gasteiger partial charge in [-0.3, -0.25) is 4.79 Å². The second-order valence-corrected chi connectivity index (χ2v) is 5.57. The Hall–Kier alpha value is -1.39. The second-order valence-electron chi connectivity index (χ2n) is 5.57. The lowest BCUT2D eigenvalue weighted by atomic mass is 9.89. The molecule has 2 heterocycles. The molecule has 2 unspecified atom stereocenters. The van der Waals surface area contributed by atoms with Crippen molar-refractivity contribution in [3.63, 3.8) is 0 Å². The Morgan fingerprint density at radius 3 is 3.15 bits per heavy atom. The van der Waals surface area contributed by atoms with Crippen LogP contribution in [0.4, 0.5) is 0 Å². The van der Waals surface area contributed by atoms with Gasteiger partial charge in [-0.05, 0) is 17.5 Å². The molecule has 1 N–H and O–H groups in total. The maximum Gasteiger partial charge on any atom is 0.231 e. The van der Waals surface area contributed by atoms with Gasteiger partial charge < -0.3 is 15.0 Å². The fourth-order valence-electron chi connectivity index (χ4n) is 3.10. The molecule has 3 rings (SSSR count). The number of carbonyl (C=O) groups is 1. The molecule has 0 aliphatic carbocycles. The van der Waals surface area contributed by atoms with Gasteiger partial charge in [-0.25, -0.2) is 0 Å². The first-order chi connectivity index (χ1) is 9.79. The molecular formula is C16H22N2O2. The number of ether oxygens (including phenoxy) is 1. The lowest BCUT2D eigenvalue weighted by Gasteiger charge is -2.36. The fourth-order valence-corrected chi connectivity index (χ4v) is 3.10. The average molecular weight is 274 g/mol. The van der Waals surface area contributed by atoms with E-state index in [1.54, 1.807) is 0 Å². The number of rotatable bonds is 2. The van der Waals surface area contributed by atoms with E-state index >= 15 is 0 Å². The van der Waals surface area contributed by atoms with E-state index in [4.69, 9.17) is 4.74 Å². The molecule has 1 fully saturated rings. The number of carbonyl (C=O) groups excluding carboxylic acids is 1. The Balaban J connectivity index is 1.78. The van der Waals surface area contributed by atoms with Crippen LogP contribution in [0.15, 0.2) is 24.3 Å². The first kappa shape index (κ1) is 13.6. The van der Waals surface area contributed by atoms with E-state index in [-0.39, 0.29) is 17.9 Å². The van der Waals surface area contributed by atoms with Gasteiger partial charge in [0.15, 0.2) is 0 Å². The zero-order valence-corrected chi connectivity index (χ0v) is 12.0. The van der Waals surface area contributed by atoms with Crippen LogP contribution < -0.4 is 5.32 Å². The zero-order valence-electron chi connectivity index (χ0n) is 12.0. The Kier molecular flexibility index (Phi) is 4.03. The van der Waals surface area contributed by atoms with Crippen molar-refractivity contribution in [3.8, 4) is 0 Å². The van der Waals surface area contributed by atoms with Gasteiger partial charge in [0.1, 0.15) is 0 Å². The van der Waals surface area contributed by atoms with Gasteiger partial charge >= 0.3 is 0 Å². The molecule has 20 heavy (non-hydrogen) atoms. The number of nitrogens with one attached hydrogen (secondary N) is 1. The van der Waals surface area contributed by atoms with Crippen molar-refractivity contribution in [2.24, 2.45) is 0 Å². The molecule has 1 amide bonds. The molecule has 1 saturated heterocycles. The molecule has 2 atom stereocenters. The predicted octanol–water partition coefficient (Wildman–Crippen LogP) is 1.51. The summed E-state index contributed by atoms with van der Waals surface area (Å²) in [6.07, 6.45) is 1.16. The molecule has 2 aliphatic heterocycles. The van der Waals surface area contributed by atoms with Crippen LogP contribution in [0.2, 0.25) is 0 Å². The van der Waals surface area contributed by atoms with Crippen molar-refractivity contribution in [1.29, 1.82) is 0 Å². The fraction of sp³-hybridized carbons (Fsp3) is 0.562.